The Balaban J connectivity index is 2.42. The zero-order valence-corrected chi connectivity index (χ0v) is 11.8. The fraction of sp³-hybridized carbons (Fsp3) is 0.667. The number of aliphatic hydroxyl groups excluding tert-OH is 1. The van der Waals surface area contributed by atoms with Crippen LogP contribution in [0.15, 0.2) is 12.2 Å². The summed E-state index contributed by atoms with van der Waals surface area (Å²) in [6.07, 6.45) is 3.97. The summed E-state index contributed by atoms with van der Waals surface area (Å²) in [4.78, 5) is 10.9. The summed E-state index contributed by atoms with van der Waals surface area (Å²) in [5.41, 5.74) is 0. The van der Waals surface area contributed by atoms with E-state index >= 15 is 0 Å². The van der Waals surface area contributed by atoms with Gasteiger partial charge < -0.3 is 10.4 Å². The van der Waals surface area contributed by atoms with E-state index in [1.54, 1.807) is 0 Å². The van der Waals surface area contributed by atoms with Crippen molar-refractivity contribution in [1.29, 1.82) is 0 Å². The lowest BCUT2D eigenvalue weighted by atomic mass is 10.00. The molecule has 0 aliphatic carbocycles. The molecule has 0 bridgehead atoms. The Morgan fingerprint density at radius 3 is 2.80 bits per heavy atom. The van der Waals surface area contributed by atoms with Crippen molar-refractivity contribution in [3.63, 3.8) is 0 Å². The van der Waals surface area contributed by atoms with Gasteiger partial charge >= 0.3 is 5.92 Å². The molecule has 0 aromatic heterocycles. The topological polar surface area (TPSA) is 49.3 Å². The molecule has 5 heteroatoms. The first-order valence-electron chi connectivity index (χ1n) is 6.87. The Hall–Kier alpha value is -1.41. The maximum atomic E-state index is 13.0. The number of rotatable bonds is 5. The van der Waals surface area contributed by atoms with Gasteiger partial charge in [-0.25, -0.2) is 0 Å². The number of aliphatic hydroxyl groups is 1. The predicted octanol–water partition coefficient (Wildman–Crippen LogP) is 2.26. The maximum absolute atomic E-state index is 13.0. The van der Waals surface area contributed by atoms with E-state index in [4.69, 9.17) is 0 Å². The molecule has 0 aromatic carbocycles. The average molecular weight is 285 g/mol. The van der Waals surface area contributed by atoms with Crippen LogP contribution in [0.5, 0.6) is 0 Å². The predicted molar refractivity (Wildman–Crippen MR) is 73.1 cm³/mol. The Morgan fingerprint density at radius 1 is 1.55 bits per heavy atom. The third-order valence-electron chi connectivity index (χ3n) is 3.17. The zero-order valence-electron chi connectivity index (χ0n) is 11.8. The van der Waals surface area contributed by atoms with Gasteiger partial charge in [0.25, 0.3) is 5.91 Å². The van der Waals surface area contributed by atoms with Gasteiger partial charge in [0, 0.05) is 19.3 Å². The lowest BCUT2D eigenvalue weighted by Crippen LogP contribution is -2.30. The van der Waals surface area contributed by atoms with Gasteiger partial charge in [0.15, 0.2) is 0 Å². The first kappa shape index (κ1) is 16.6. The number of halogens is 2. The number of unbranched alkanes of at least 4 members (excludes halogenated alkanes) is 1. The molecule has 112 valence electrons. The molecule has 1 rings (SSSR count). The molecule has 0 aromatic rings. The summed E-state index contributed by atoms with van der Waals surface area (Å²) in [5, 5.41) is 12.1. The van der Waals surface area contributed by atoms with Crippen LogP contribution in [0, 0.1) is 17.8 Å². The van der Waals surface area contributed by atoms with Crippen LogP contribution in [-0.2, 0) is 4.79 Å². The van der Waals surface area contributed by atoms with Crippen LogP contribution >= 0.6 is 0 Å². The highest BCUT2D eigenvalue weighted by Crippen LogP contribution is 2.27. The largest absolute Gasteiger partial charge is 0.389 e. The van der Waals surface area contributed by atoms with E-state index in [1.165, 1.54) is 12.2 Å². The molecule has 0 spiro atoms. The number of amides is 1. The van der Waals surface area contributed by atoms with E-state index < -0.39 is 30.4 Å². The quantitative estimate of drug-likeness (QED) is 0.601. The van der Waals surface area contributed by atoms with Crippen molar-refractivity contribution >= 4 is 5.91 Å². The third kappa shape index (κ3) is 4.93. The molecule has 3 atom stereocenters. The standard InChI is InChI=1S/C15H21F2NO2/c1-3-4-5-6-7-11(2)13(19)9-8-12-10-15(16,17)14(20)18-12/h8-9,11-13,19H,3-4,7,10H2,1-2H3,(H,18,20)/b9-8+/t11-,12-,13+/m0/s1. The van der Waals surface area contributed by atoms with E-state index in [-0.39, 0.29) is 5.92 Å². The normalized spacial score (nSPS) is 24.1. The van der Waals surface area contributed by atoms with Gasteiger partial charge in [0.05, 0.1) is 12.1 Å². The maximum Gasteiger partial charge on any atom is 0.326 e. The summed E-state index contributed by atoms with van der Waals surface area (Å²) in [6.45, 7) is 3.89. The monoisotopic (exact) mass is 285 g/mol. The molecule has 1 heterocycles. The molecule has 20 heavy (non-hydrogen) atoms. The Kier molecular flexibility index (Phi) is 6.15. The lowest BCUT2D eigenvalue weighted by Gasteiger charge is -2.13. The molecule has 2 N–H and O–H groups in total. The SMILES string of the molecule is CCCC#CC[C@H](C)[C@H](O)/C=C/[C@H]1CC(F)(F)C(=O)N1. The van der Waals surface area contributed by atoms with Crippen molar-refractivity contribution in [1.82, 2.24) is 5.32 Å². The molecule has 0 unspecified atom stereocenters. The molecule has 1 amide bonds. The molecule has 1 aliphatic heterocycles. The van der Waals surface area contributed by atoms with E-state index in [0.29, 0.717) is 6.42 Å². The number of hydrogen-bond donors (Lipinski definition) is 2. The van der Waals surface area contributed by atoms with Crippen LogP contribution in [0.3, 0.4) is 0 Å². The summed E-state index contributed by atoms with van der Waals surface area (Å²) < 4.78 is 26.0. The number of nitrogens with one attached hydrogen (secondary N) is 1. The van der Waals surface area contributed by atoms with Gasteiger partial charge in [0.1, 0.15) is 0 Å². The van der Waals surface area contributed by atoms with Crippen LogP contribution in [0.4, 0.5) is 8.78 Å². The molecule has 0 radical (unpaired) electrons. The summed E-state index contributed by atoms with van der Waals surface area (Å²) in [7, 11) is 0. The van der Waals surface area contributed by atoms with E-state index in [2.05, 4.69) is 17.2 Å². The Bertz CT molecular complexity index is 423. The zero-order chi connectivity index (χ0) is 15.2. The van der Waals surface area contributed by atoms with Gasteiger partial charge in [0.2, 0.25) is 0 Å². The van der Waals surface area contributed by atoms with Crippen LogP contribution in [0.2, 0.25) is 0 Å². The molecule has 1 aliphatic rings. The van der Waals surface area contributed by atoms with Crippen LogP contribution in [-0.4, -0.2) is 29.1 Å². The molecule has 3 nitrogen and oxygen atoms in total. The first-order chi connectivity index (χ1) is 9.36. The second kappa shape index (κ2) is 7.39. The summed E-state index contributed by atoms with van der Waals surface area (Å²) in [5.74, 6) is 1.34. The van der Waals surface area contributed by atoms with Crippen molar-refractivity contribution in [3.05, 3.63) is 12.2 Å². The fourth-order valence-electron chi connectivity index (χ4n) is 1.81. The van der Waals surface area contributed by atoms with Crippen LogP contribution in [0.25, 0.3) is 0 Å². The Labute approximate surface area is 118 Å². The van der Waals surface area contributed by atoms with Gasteiger partial charge in [-0.3, -0.25) is 4.79 Å². The number of alkyl halides is 2. The highest BCUT2D eigenvalue weighted by Gasteiger charge is 2.47. The van der Waals surface area contributed by atoms with Crippen LogP contribution < -0.4 is 5.32 Å². The van der Waals surface area contributed by atoms with Crippen molar-refractivity contribution in [3.8, 4) is 11.8 Å². The van der Waals surface area contributed by atoms with Crippen molar-refractivity contribution in [2.45, 2.75) is 57.6 Å². The second-order valence-corrected chi connectivity index (χ2v) is 5.15. The summed E-state index contributed by atoms with van der Waals surface area (Å²) >= 11 is 0. The highest BCUT2D eigenvalue weighted by atomic mass is 19.3. The smallest absolute Gasteiger partial charge is 0.326 e. The second-order valence-electron chi connectivity index (χ2n) is 5.15. The third-order valence-corrected chi connectivity index (χ3v) is 3.17. The van der Waals surface area contributed by atoms with Crippen molar-refractivity contribution in [2.75, 3.05) is 0 Å². The number of carbonyl (C=O) groups excluding carboxylic acids is 1. The van der Waals surface area contributed by atoms with Gasteiger partial charge in [-0.1, -0.05) is 26.0 Å². The van der Waals surface area contributed by atoms with Gasteiger partial charge in [-0.05, 0) is 12.3 Å². The minimum absolute atomic E-state index is 0.0757. The lowest BCUT2D eigenvalue weighted by molar-refractivity contribution is -0.139. The Morgan fingerprint density at radius 2 is 2.25 bits per heavy atom. The van der Waals surface area contributed by atoms with Crippen molar-refractivity contribution < 1.29 is 18.7 Å². The first-order valence-corrected chi connectivity index (χ1v) is 6.87. The number of carbonyl (C=O) groups is 1. The molecular weight excluding hydrogens is 264 g/mol. The molecular formula is C15H21F2NO2. The van der Waals surface area contributed by atoms with Gasteiger partial charge in [-0.15, -0.1) is 11.8 Å². The van der Waals surface area contributed by atoms with Gasteiger partial charge in [-0.2, -0.15) is 8.78 Å². The average Bonchev–Trinajstić information content (AvgIpc) is 2.65. The molecule has 1 saturated heterocycles. The van der Waals surface area contributed by atoms with E-state index in [0.717, 1.165) is 12.8 Å². The molecule has 1 fully saturated rings. The number of hydrogen-bond acceptors (Lipinski definition) is 2. The fourth-order valence-corrected chi connectivity index (χ4v) is 1.81. The minimum Gasteiger partial charge on any atom is -0.389 e. The van der Waals surface area contributed by atoms with E-state index in [1.807, 2.05) is 13.8 Å². The highest BCUT2D eigenvalue weighted by molar-refractivity contribution is 5.86. The van der Waals surface area contributed by atoms with E-state index in [9.17, 15) is 18.7 Å². The van der Waals surface area contributed by atoms with Crippen molar-refractivity contribution in [2.24, 2.45) is 5.92 Å². The minimum atomic E-state index is -3.31. The summed E-state index contributed by atoms with van der Waals surface area (Å²) in [6, 6.07) is -0.717. The molecule has 0 saturated carbocycles. The van der Waals surface area contributed by atoms with Crippen LogP contribution in [0.1, 0.15) is 39.5 Å².